The second kappa shape index (κ2) is 4.90. The number of aliphatic hydroxyl groups excluding tert-OH is 1. The van der Waals surface area contributed by atoms with Gasteiger partial charge in [-0.05, 0) is 25.5 Å². The van der Waals surface area contributed by atoms with E-state index in [-0.39, 0.29) is 6.61 Å². The topological polar surface area (TPSA) is 50.9 Å². The van der Waals surface area contributed by atoms with Gasteiger partial charge < -0.3 is 5.11 Å². The van der Waals surface area contributed by atoms with E-state index in [1.807, 2.05) is 36.0 Å². The maximum absolute atomic E-state index is 9.02. The molecular weight excluding hydrogens is 202 g/mol. The van der Waals surface area contributed by atoms with Crippen molar-refractivity contribution in [3.63, 3.8) is 0 Å². The molecule has 2 aromatic rings. The minimum atomic E-state index is 0.134. The molecule has 16 heavy (non-hydrogen) atoms. The molecule has 0 fully saturated rings. The number of rotatable bonds is 4. The Morgan fingerprint density at radius 3 is 2.88 bits per heavy atom. The Morgan fingerprint density at radius 2 is 2.25 bits per heavy atom. The molecule has 0 aromatic carbocycles. The number of aryl methyl sites for hydroxylation is 1. The predicted molar refractivity (Wildman–Crippen MR) is 61.9 cm³/mol. The zero-order valence-corrected chi connectivity index (χ0v) is 9.30. The number of aromatic nitrogens is 3. The maximum atomic E-state index is 9.02. The minimum Gasteiger partial charge on any atom is -0.396 e. The fourth-order valence-corrected chi connectivity index (χ4v) is 1.65. The Kier molecular flexibility index (Phi) is 3.31. The molecule has 1 N–H and O–H groups in total. The number of hydrogen-bond acceptors (Lipinski definition) is 3. The molecule has 0 aliphatic carbocycles. The van der Waals surface area contributed by atoms with Gasteiger partial charge in [-0.25, -0.2) is 0 Å². The summed E-state index contributed by atoms with van der Waals surface area (Å²) in [5.74, 6) is 0. The highest BCUT2D eigenvalue weighted by molar-refractivity contribution is 5.58. The molecule has 4 nitrogen and oxygen atoms in total. The molecule has 84 valence electrons. The smallest absolute Gasteiger partial charge is 0.114 e. The van der Waals surface area contributed by atoms with Crippen molar-refractivity contribution in [2.24, 2.45) is 0 Å². The molecule has 0 atom stereocenters. The van der Waals surface area contributed by atoms with Crippen LogP contribution in [-0.2, 0) is 13.0 Å². The Hall–Kier alpha value is -1.68. The first-order chi connectivity index (χ1) is 7.85. The van der Waals surface area contributed by atoms with Gasteiger partial charge in [-0.3, -0.25) is 9.67 Å². The summed E-state index contributed by atoms with van der Waals surface area (Å²) in [6.07, 6.45) is 4.34. The van der Waals surface area contributed by atoms with Crippen LogP contribution in [0.25, 0.3) is 11.4 Å². The molecule has 0 aliphatic rings. The van der Waals surface area contributed by atoms with Gasteiger partial charge in [0, 0.05) is 31.1 Å². The van der Waals surface area contributed by atoms with Crippen molar-refractivity contribution >= 4 is 0 Å². The summed E-state index contributed by atoms with van der Waals surface area (Å²) in [6.45, 7) is 3.00. The first-order valence-electron chi connectivity index (χ1n) is 5.43. The van der Waals surface area contributed by atoms with Gasteiger partial charge in [-0.2, -0.15) is 5.10 Å². The summed E-state index contributed by atoms with van der Waals surface area (Å²) in [4.78, 5) is 4.28. The molecule has 4 heteroatoms. The van der Waals surface area contributed by atoms with Crippen molar-refractivity contribution in [3.8, 4) is 11.4 Å². The van der Waals surface area contributed by atoms with Crippen LogP contribution in [0.1, 0.15) is 12.5 Å². The van der Waals surface area contributed by atoms with Crippen LogP contribution < -0.4 is 0 Å². The van der Waals surface area contributed by atoms with Crippen LogP contribution >= 0.6 is 0 Å². The quantitative estimate of drug-likeness (QED) is 0.844. The summed E-state index contributed by atoms with van der Waals surface area (Å²) in [7, 11) is 0. The van der Waals surface area contributed by atoms with Gasteiger partial charge in [0.1, 0.15) is 5.69 Å². The molecule has 0 spiro atoms. The summed E-state index contributed by atoms with van der Waals surface area (Å²) < 4.78 is 1.87. The Morgan fingerprint density at radius 1 is 1.38 bits per heavy atom. The highest BCUT2D eigenvalue weighted by Crippen LogP contribution is 2.19. The number of nitrogens with zero attached hydrogens (tertiary/aromatic N) is 3. The maximum Gasteiger partial charge on any atom is 0.114 e. The highest BCUT2D eigenvalue weighted by Gasteiger charge is 2.10. The van der Waals surface area contributed by atoms with Gasteiger partial charge in [-0.15, -0.1) is 0 Å². The van der Waals surface area contributed by atoms with E-state index in [1.54, 1.807) is 6.20 Å². The third kappa shape index (κ3) is 2.12. The van der Waals surface area contributed by atoms with E-state index in [9.17, 15) is 0 Å². The van der Waals surface area contributed by atoms with E-state index in [2.05, 4.69) is 10.1 Å². The molecule has 2 heterocycles. The summed E-state index contributed by atoms with van der Waals surface area (Å²) in [5, 5.41) is 13.5. The second-order valence-electron chi connectivity index (χ2n) is 3.55. The first kappa shape index (κ1) is 10.8. The molecule has 0 aliphatic heterocycles. The Bertz CT molecular complexity index is 451. The van der Waals surface area contributed by atoms with Gasteiger partial charge in [0.25, 0.3) is 0 Å². The predicted octanol–water partition coefficient (Wildman–Crippen LogP) is 1.50. The van der Waals surface area contributed by atoms with E-state index in [0.717, 1.165) is 23.5 Å². The SMILES string of the molecule is CCn1cc(CCO)c(-c2ccccn2)n1. The van der Waals surface area contributed by atoms with Crippen LogP contribution in [0.2, 0.25) is 0 Å². The molecule has 2 rings (SSSR count). The van der Waals surface area contributed by atoms with Crippen molar-refractivity contribution in [3.05, 3.63) is 36.2 Å². The molecule has 0 saturated heterocycles. The van der Waals surface area contributed by atoms with E-state index in [4.69, 9.17) is 5.11 Å². The average molecular weight is 217 g/mol. The first-order valence-corrected chi connectivity index (χ1v) is 5.43. The van der Waals surface area contributed by atoms with Crippen molar-refractivity contribution < 1.29 is 5.11 Å². The van der Waals surface area contributed by atoms with Crippen LogP contribution in [0.4, 0.5) is 0 Å². The van der Waals surface area contributed by atoms with Crippen LogP contribution in [0.3, 0.4) is 0 Å². The Balaban J connectivity index is 2.42. The molecular formula is C12H15N3O. The lowest BCUT2D eigenvalue weighted by atomic mass is 10.1. The zero-order valence-electron chi connectivity index (χ0n) is 9.30. The van der Waals surface area contributed by atoms with E-state index in [1.165, 1.54) is 0 Å². The van der Waals surface area contributed by atoms with E-state index < -0.39 is 0 Å². The van der Waals surface area contributed by atoms with Gasteiger partial charge in [0.15, 0.2) is 0 Å². The third-order valence-electron chi connectivity index (χ3n) is 2.45. The normalized spacial score (nSPS) is 10.6. The fraction of sp³-hybridized carbons (Fsp3) is 0.333. The largest absolute Gasteiger partial charge is 0.396 e. The Labute approximate surface area is 94.6 Å². The fourth-order valence-electron chi connectivity index (χ4n) is 1.65. The molecule has 0 amide bonds. The summed E-state index contributed by atoms with van der Waals surface area (Å²) in [5.41, 5.74) is 2.78. The van der Waals surface area contributed by atoms with Gasteiger partial charge >= 0.3 is 0 Å². The summed E-state index contributed by atoms with van der Waals surface area (Å²) in [6, 6.07) is 5.76. The van der Waals surface area contributed by atoms with Crippen LogP contribution in [0, 0.1) is 0 Å². The molecule has 0 unspecified atom stereocenters. The zero-order chi connectivity index (χ0) is 11.4. The average Bonchev–Trinajstić information content (AvgIpc) is 2.74. The monoisotopic (exact) mass is 217 g/mol. The lowest BCUT2D eigenvalue weighted by Gasteiger charge is -1.98. The standard InChI is InChI=1S/C12H15N3O/c1-2-15-9-10(6-8-16)12(14-15)11-5-3-4-7-13-11/h3-5,7,9,16H,2,6,8H2,1H3. The highest BCUT2D eigenvalue weighted by atomic mass is 16.2. The van der Waals surface area contributed by atoms with Crippen molar-refractivity contribution in [1.29, 1.82) is 0 Å². The van der Waals surface area contributed by atoms with Crippen LogP contribution in [0.15, 0.2) is 30.6 Å². The number of aliphatic hydroxyl groups is 1. The van der Waals surface area contributed by atoms with Gasteiger partial charge in [-0.1, -0.05) is 6.07 Å². The third-order valence-corrected chi connectivity index (χ3v) is 2.45. The van der Waals surface area contributed by atoms with Crippen LogP contribution in [-0.4, -0.2) is 26.5 Å². The van der Waals surface area contributed by atoms with E-state index >= 15 is 0 Å². The second-order valence-corrected chi connectivity index (χ2v) is 3.55. The van der Waals surface area contributed by atoms with Gasteiger partial charge in [0.05, 0.1) is 5.69 Å². The molecule has 0 saturated carbocycles. The molecule has 0 radical (unpaired) electrons. The molecule has 0 bridgehead atoms. The van der Waals surface area contributed by atoms with Crippen molar-refractivity contribution in [2.45, 2.75) is 19.9 Å². The minimum absolute atomic E-state index is 0.134. The molecule has 2 aromatic heterocycles. The van der Waals surface area contributed by atoms with Crippen molar-refractivity contribution in [2.75, 3.05) is 6.61 Å². The number of pyridine rings is 1. The van der Waals surface area contributed by atoms with Gasteiger partial charge in [0.2, 0.25) is 0 Å². The summed E-state index contributed by atoms with van der Waals surface area (Å²) >= 11 is 0. The van der Waals surface area contributed by atoms with Crippen LogP contribution in [0.5, 0.6) is 0 Å². The van der Waals surface area contributed by atoms with E-state index in [0.29, 0.717) is 6.42 Å². The lowest BCUT2D eigenvalue weighted by Crippen LogP contribution is -1.94. The van der Waals surface area contributed by atoms with Crippen molar-refractivity contribution in [1.82, 2.24) is 14.8 Å². The number of hydrogen-bond donors (Lipinski definition) is 1. The lowest BCUT2D eigenvalue weighted by molar-refractivity contribution is 0.299.